The second-order valence-corrected chi connectivity index (χ2v) is 5.20. The summed E-state index contributed by atoms with van der Waals surface area (Å²) in [6.07, 6.45) is 2.22. The molecule has 0 spiro atoms. The number of hydrogen-bond donors (Lipinski definition) is 2. The van der Waals surface area contributed by atoms with Crippen LogP contribution in [0.1, 0.15) is 47.0 Å². The summed E-state index contributed by atoms with van der Waals surface area (Å²) in [5, 5.41) is 8.49. The molecule has 0 aliphatic carbocycles. The second-order valence-electron chi connectivity index (χ2n) is 5.20. The van der Waals surface area contributed by atoms with Gasteiger partial charge in [0.2, 0.25) is 0 Å². The van der Waals surface area contributed by atoms with Crippen LogP contribution in [0.15, 0.2) is 0 Å². The van der Waals surface area contributed by atoms with Gasteiger partial charge in [0.05, 0.1) is 6.07 Å². The Hall–Kier alpha value is -0.590. The molecule has 0 fully saturated rings. The first-order valence-electron chi connectivity index (χ1n) is 5.72. The molecule has 0 amide bonds. The smallest absolute Gasteiger partial charge is 0.0622 e. The Labute approximate surface area is 93.8 Å². The summed E-state index contributed by atoms with van der Waals surface area (Å²) >= 11 is 0. The molecule has 15 heavy (non-hydrogen) atoms. The van der Waals surface area contributed by atoms with Crippen molar-refractivity contribution in [2.75, 3.05) is 0 Å². The van der Waals surface area contributed by atoms with Crippen molar-refractivity contribution in [1.82, 2.24) is 0 Å². The molecule has 0 saturated carbocycles. The Morgan fingerprint density at radius 1 is 1.33 bits per heavy atom. The van der Waals surface area contributed by atoms with Crippen molar-refractivity contribution in [3.8, 4) is 6.07 Å². The van der Waals surface area contributed by atoms with Gasteiger partial charge in [-0.25, -0.2) is 0 Å². The van der Waals surface area contributed by atoms with Crippen molar-refractivity contribution in [1.29, 1.82) is 5.26 Å². The van der Waals surface area contributed by atoms with E-state index in [1.165, 1.54) is 0 Å². The van der Waals surface area contributed by atoms with Crippen LogP contribution in [0.3, 0.4) is 0 Å². The van der Waals surface area contributed by atoms with Crippen molar-refractivity contribution in [3.63, 3.8) is 0 Å². The highest BCUT2D eigenvalue weighted by atomic mass is 14.7. The highest BCUT2D eigenvalue weighted by molar-refractivity contribution is 4.87. The van der Waals surface area contributed by atoms with E-state index < -0.39 is 0 Å². The average Bonchev–Trinajstić information content (AvgIpc) is 2.13. The quantitative estimate of drug-likeness (QED) is 0.705. The van der Waals surface area contributed by atoms with Crippen LogP contribution in [-0.2, 0) is 0 Å². The molecule has 0 heterocycles. The highest BCUT2D eigenvalue weighted by Crippen LogP contribution is 2.24. The van der Waals surface area contributed by atoms with Crippen molar-refractivity contribution < 1.29 is 0 Å². The molecular formula is C12H25N3. The fraction of sp³-hybridized carbons (Fsp3) is 0.917. The van der Waals surface area contributed by atoms with Gasteiger partial charge in [-0.05, 0) is 31.6 Å². The lowest BCUT2D eigenvalue weighted by Crippen LogP contribution is -2.45. The SMILES string of the molecule is CC(CC(C)(N)C(C)C)C(N)CCC#N. The molecular weight excluding hydrogens is 186 g/mol. The Morgan fingerprint density at radius 3 is 2.27 bits per heavy atom. The third-order valence-corrected chi connectivity index (χ3v) is 3.40. The molecule has 0 saturated heterocycles. The number of nitriles is 1. The lowest BCUT2D eigenvalue weighted by Gasteiger charge is -2.34. The van der Waals surface area contributed by atoms with E-state index in [1.807, 2.05) is 0 Å². The molecule has 0 aliphatic rings. The summed E-state index contributed by atoms with van der Waals surface area (Å²) < 4.78 is 0. The monoisotopic (exact) mass is 211 g/mol. The summed E-state index contributed by atoms with van der Waals surface area (Å²) in [4.78, 5) is 0. The normalized spacial score (nSPS) is 19.3. The lowest BCUT2D eigenvalue weighted by molar-refractivity contribution is 0.248. The highest BCUT2D eigenvalue weighted by Gasteiger charge is 2.27. The molecule has 0 rings (SSSR count). The second kappa shape index (κ2) is 6.09. The number of nitrogens with two attached hydrogens (primary N) is 2. The van der Waals surface area contributed by atoms with Gasteiger partial charge in [-0.1, -0.05) is 20.8 Å². The first kappa shape index (κ1) is 14.4. The molecule has 0 bridgehead atoms. The third-order valence-electron chi connectivity index (χ3n) is 3.40. The van der Waals surface area contributed by atoms with E-state index >= 15 is 0 Å². The Morgan fingerprint density at radius 2 is 1.87 bits per heavy atom. The number of nitrogens with zero attached hydrogens (tertiary/aromatic N) is 1. The van der Waals surface area contributed by atoms with Crippen LogP contribution in [0.25, 0.3) is 0 Å². The molecule has 4 N–H and O–H groups in total. The summed E-state index contributed by atoms with van der Waals surface area (Å²) in [6, 6.07) is 2.22. The van der Waals surface area contributed by atoms with Gasteiger partial charge in [-0.15, -0.1) is 0 Å². The molecule has 3 atom stereocenters. The molecule has 88 valence electrons. The fourth-order valence-electron chi connectivity index (χ4n) is 1.60. The predicted molar refractivity (Wildman–Crippen MR) is 64.0 cm³/mol. The van der Waals surface area contributed by atoms with Gasteiger partial charge in [0.15, 0.2) is 0 Å². The van der Waals surface area contributed by atoms with E-state index in [1.54, 1.807) is 0 Å². The molecule has 0 aromatic rings. The van der Waals surface area contributed by atoms with Crippen molar-refractivity contribution in [2.24, 2.45) is 23.3 Å². The average molecular weight is 211 g/mol. The first-order chi connectivity index (χ1) is 6.81. The van der Waals surface area contributed by atoms with Gasteiger partial charge in [-0.3, -0.25) is 0 Å². The third kappa shape index (κ3) is 5.15. The van der Waals surface area contributed by atoms with Crippen LogP contribution < -0.4 is 11.5 Å². The first-order valence-corrected chi connectivity index (χ1v) is 5.72. The molecule has 0 radical (unpaired) electrons. The maximum absolute atomic E-state index is 8.49. The Kier molecular flexibility index (Phi) is 5.85. The maximum atomic E-state index is 8.49. The van der Waals surface area contributed by atoms with Crippen molar-refractivity contribution in [3.05, 3.63) is 0 Å². The minimum Gasteiger partial charge on any atom is -0.327 e. The Bertz CT molecular complexity index is 215. The summed E-state index contributed by atoms with van der Waals surface area (Å²) in [6.45, 7) is 8.46. The van der Waals surface area contributed by atoms with E-state index in [-0.39, 0.29) is 11.6 Å². The van der Waals surface area contributed by atoms with Crippen molar-refractivity contribution in [2.45, 2.75) is 58.5 Å². The van der Waals surface area contributed by atoms with Crippen LogP contribution >= 0.6 is 0 Å². The Balaban J connectivity index is 4.12. The van der Waals surface area contributed by atoms with Crippen LogP contribution in [-0.4, -0.2) is 11.6 Å². The van der Waals surface area contributed by atoms with E-state index in [4.69, 9.17) is 16.7 Å². The maximum Gasteiger partial charge on any atom is 0.0622 e. The molecule has 3 heteroatoms. The zero-order valence-corrected chi connectivity index (χ0v) is 10.5. The van der Waals surface area contributed by atoms with Gasteiger partial charge in [0.1, 0.15) is 0 Å². The molecule has 3 unspecified atom stereocenters. The van der Waals surface area contributed by atoms with Crippen LogP contribution in [0.2, 0.25) is 0 Å². The largest absolute Gasteiger partial charge is 0.327 e. The zero-order valence-electron chi connectivity index (χ0n) is 10.5. The van der Waals surface area contributed by atoms with Crippen LogP contribution in [0, 0.1) is 23.2 Å². The van der Waals surface area contributed by atoms with Crippen LogP contribution in [0.4, 0.5) is 0 Å². The van der Waals surface area contributed by atoms with Gasteiger partial charge in [-0.2, -0.15) is 5.26 Å². The van der Waals surface area contributed by atoms with Gasteiger partial charge in [0.25, 0.3) is 0 Å². The van der Waals surface area contributed by atoms with Gasteiger partial charge >= 0.3 is 0 Å². The fourth-order valence-corrected chi connectivity index (χ4v) is 1.60. The van der Waals surface area contributed by atoms with E-state index in [0.717, 1.165) is 12.8 Å². The molecule has 0 aliphatic heterocycles. The minimum absolute atomic E-state index is 0.0891. The van der Waals surface area contributed by atoms with Crippen LogP contribution in [0.5, 0.6) is 0 Å². The topological polar surface area (TPSA) is 75.8 Å². The predicted octanol–water partition coefficient (Wildman–Crippen LogP) is 2.02. The van der Waals surface area contributed by atoms with E-state index in [0.29, 0.717) is 18.3 Å². The summed E-state index contributed by atoms with van der Waals surface area (Å²) in [7, 11) is 0. The zero-order chi connectivity index (χ0) is 12.1. The number of hydrogen-bond acceptors (Lipinski definition) is 3. The standard InChI is InChI=1S/C12H25N3/c1-9(2)12(4,15)8-10(3)11(14)6-5-7-13/h9-11H,5-6,8,14-15H2,1-4H3. The number of rotatable bonds is 6. The van der Waals surface area contributed by atoms with Gasteiger partial charge < -0.3 is 11.5 Å². The van der Waals surface area contributed by atoms with Gasteiger partial charge in [0, 0.05) is 18.0 Å². The summed E-state index contributed by atoms with van der Waals surface area (Å²) in [5.74, 6) is 0.818. The van der Waals surface area contributed by atoms with E-state index in [9.17, 15) is 0 Å². The molecule has 0 aromatic carbocycles. The lowest BCUT2D eigenvalue weighted by atomic mass is 9.79. The van der Waals surface area contributed by atoms with E-state index in [2.05, 4.69) is 33.8 Å². The minimum atomic E-state index is -0.163. The van der Waals surface area contributed by atoms with Crippen molar-refractivity contribution >= 4 is 0 Å². The summed E-state index contributed by atoms with van der Waals surface area (Å²) in [5.41, 5.74) is 12.0. The molecule has 0 aromatic heterocycles. The molecule has 3 nitrogen and oxygen atoms in total.